The van der Waals surface area contributed by atoms with Crippen LogP contribution in [0.5, 0.6) is 0 Å². The Morgan fingerprint density at radius 3 is 2.81 bits per heavy atom. The number of rotatable bonds is 4. The van der Waals surface area contributed by atoms with Gasteiger partial charge < -0.3 is 10.4 Å². The van der Waals surface area contributed by atoms with Crippen molar-refractivity contribution in [1.82, 2.24) is 4.98 Å². The van der Waals surface area contributed by atoms with E-state index in [0.717, 1.165) is 6.20 Å². The van der Waals surface area contributed by atoms with Gasteiger partial charge in [-0.2, -0.15) is 0 Å². The number of aliphatic carboxylic acids is 1. The van der Waals surface area contributed by atoms with Crippen LogP contribution in [0.15, 0.2) is 18.3 Å². The number of aromatic nitrogens is 1. The van der Waals surface area contributed by atoms with Crippen molar-refractivity contribution >= 4 is 17.5 Å². The molecule has 7 heteroatoms. The van der Waals surface area contributed by atoms with Gasteiger partial charge in [-0.3, -0.25) is 14.9 Å². The van der Waals surface area contributed by atoms with Gasteiger partial charge in [0, 0.05) is 12.1 Å². The third kappa shape index (κ3) is 2.08. The average molecular weight is 223 g/mol. The Labute approximate surface area is 90.3 Å². The topological polar surface area (TPSA) is 105 Å². The molecule has 1 fully saturated rings. The maximum atomic E-state index is 10.6. The first kappa shape index (κ1) is 10.3. The Balaban J connectivity index is 1.97. The number of carboxylic acid groups (broad SMARTS) is 1. The van der Waals surface area contributed by atoms with Crippen LogP contribution in [0.1, 0.15) is 6.42 Å². The number of nitro groups is 1. The highest BCUT2D eigenvalue weighted by atomic mass is 16.6. The molecule has 0 aromatic carbocycles. The molecule has 2 rings (SSSR count). The SMILES string of the molecule is O=C(O)C1CC1Nc1ccc([N+](=O)[O-])cn1. The Morgan fingerprint density at radius 2 is 2.38 bits per heavy atom. The van der Waals surface area contributed by atoms with Gasteiger partial charge in [0.25, 0.3) is 5.69 Å². The number of nitrogens with one attached hydrogen (secondary N) is 1. The number of carboxylic acids is 1. The second kappa shape index (κ2) is 3.76. The lowest BCUT2D eigenvalue weighted by Gasteiger charge is -2.02. The number of hydrogen-bond donors (Lipinski definition) is 2. The highest BCUT2D eigenvalue weighted by molar-refractivity contribution is 5.75. The molecule has 1 aromatic rings. The lowest BCUT2D eigenvalue weighted by Crippen LogP contribution is -2.10. The second-order valence-electron chi connectivity index (χ2n) is 3.59. The van der Waals surface area contributed by atoms with Crippen molar-refractivity contribution < 1.29 is 14.8 Å². The molecule has 1 aliphatic rings. The van der Waals surface area contributed by atoms with Crippen LogP contribution in [0.25, 0.3) is 0 Å². The minimum absolute atomic E-state index is 0.0869. The summed E-state index contributed by atoms with van der Waals surface area (Å²) in [5, 5.41) is 21.9. The molecule has 7 nitrogen and oxygen atoms in total. The highest BCUT2D eigenvalue weighted by Gasteiger charge is 2.43. The second-order valence-corrected chi connectivity index (χ2v) is 3.59. The minimum atomic E-state index is -0.834. The van der Waals surface area contributed by atoms with Gasteiger partial charge in [-0.15, -0.1) is 0 Å². The van der Waals surface area contributed by atoms with Crippen LogP contribution in [0.4, 0.5) is 11.5 Å². The first-order chi connectivity index (χ1) is 7.58. The lowest BCUT2D eigenvalue weighted by atomic mass is 10.4. The quantitative estimate of drug-likeness (QED) is 0.579. The van der Waals surface area contributed by atoms with E-state index >= 15 is 0 Å². The van der Waals surface area contributed by atoms with Gasteiger partial charge in [-0.1, -0.05) is 0 Å². The molecule has 0 radical (unpaired) electrons. The monoisotopic (exact) mass is 223 g/mol. The zero-order valence-corrected chi connectivity index (χ0v) is 8.16. The molecular formula is C9H9N3O4. The van der Waals surface area contributed by atoms with Gasteiger partial charge in [-0.25, -0.2) is 4.98 Å². The van der Waals surface area contributed by atoms with Crippen LogP contribution >= 0.6 is 0 Å². The zero-order valence-electron chi connectivity index (χ0n) is 8.16. The van der Waals surface area contributed by atoms with E-state index in [4.69, 9.17) is 5.11 Å². The van der Waals surface area contributed by atoms with Crippen LogP contribution in [0.3, 0.4) is 0 Å². The third-order valence-corrected chi connectivity index (χ3v) is 2.40. The first-order valence-electron chi connectivity index (χ1n) is 4.67. The van der Waals surface area contributed by atoms with Crippen molar-refractivity contribution in [3.05, 3.63) is 28.4 Å². The summed E-state index contributed by atoms with van der Waals surface area (Å²) in [7, 11) is 0. The third-order valence-electron chi connectivity index (χ3n) is 2.40. The number of anilines is 1. The van der Waals surface area contributed by atoms with Crippen LogP contribution in [-0.2, 0) is 4.79 Å². The number of hydrogen-bond acceptors (Lipinski definition) is 5. The van der Waals surface area contributed by atoms with Crippen molar-refractivity contribution in [2.45, 2.75) is 12.5 Å². The molecule has 0 bridgehead atoms. The fourth-order valence-electron chi connectivity index (χ4n) is 1.40. The van der Waals surface area contributed by atoms with E-state index in [1.54, 1.807) is 0 Å². The Hall–Kier alpha value is -2.18. The molecule has 16 heavy (non-hydrogen) atoms. The highest BCUT2D eigenvalue weighted by Crippen LogP contribution is 2.33. The van der Waals surface area contributed by atoms with E-state index in [1.807, 2.05) is 0 Å². The van der Waals surface area contributed by atoms with Gasteiger partial charge in [-0.05, 0) is 12.5 Å². The number of nitrogens with zero attached hydrogens (tertiary/aromatic N) is 2. The van der Waals surface area contributed by atoms with E-state index in [2.05, 4.69) is 10.3 Å². The molecule has 2 unspecified atom stereocenters. The summed E-state index contributed by atoms with van der Waals surface area (Å²) in [6, 6.07) is 2.68. The number of carbonyl (C=O) groups is 1. The molecule has 1 saturated carbocycles. The maximum Gasteiger partial charge on any atom is 0.308 e. The van der Waals surface area contributed by atoms with Gasteiger partial charge >= 0.3 is 5.97 Å². The van der Waals surface area contributed by atoms with E-state index in [1.165, 1.54) is 12.1 Å². The summed E-state index contributed by atoms with van der Waals surface area (Å²) in [5.74, 6) is -0.754. The molecule has 0 saturated heterocycles. The zero-order chi connectivity index (χ0) is 11.7. The Morgan fingerprint density at radius 1 is 1.62 bits per heavy atom. The number of pyridine rings is 1. The Kier molecular flexibility index (Phi) is 2.43. The van der Waals surface area contributed by atoms with Gasteiger partial charge in [0.2, 0.25) is 0 Å². The van der Waals surface area contributed by atoms with Gasteiger partial charge in [0.1, 0.15) is 12.0 Å². The predicted octanol–water partition coefficient (Wildman–Crippen LogP) is 0.875. The van der Waals surface area contributed by atoms with Crippen molar-refractivity contribution in [1.29, 1.82) is 0 Å². The summed E-state index contributed by atoms with van der Waals surface area (Å²) >= 11 is 0. The van der Waals surface area contributed by atoms with E-state index in [9.17, 15) is 14.9 Å². The van der Waals surface area contributed by atoms with Crippen LogP contribution < -0.4 is 5.32 Å². The van der Waals surface area contributed by atoms with Crippen molar-refractivity contribution in [3.63, 3.8) is 0 Å². The maximum absolute atomic E-state index is 10.6. The fraction of sp³-hybridized carbons (Fsp3) is 0.333. The molecule has 2 atom stereocenters. The summed E-state index contributed by atoms with van der Waals surface area (Å²) in [4.78, 5) is 24.2. The lowest BCUT2D eigenvalue weighted by molar-refractivity contribution is -0.385. The predicted molar refractivity (Wildman–Crippen MR) is 54.0 cm³/mol. The standard InChI is InChI=1S/C9H9N3O4/c13-9(14)6-3-7(6)11-8-2-1-5(4-10-8)12(15)16/h1-2,4,6-7H,3H2,(H,10,11)(H,13,14). The molecule has 0 aliphatic heterocycles. The smallest absolute Gasteiger partial charge is 0.308 e. The fourth-order valence-corrected chi connectivity index (χ4v) is 1.40. The minimum Gasteiger partial charge on any atom is -0.481 e. The molecule has 1 aromatic heterocycles. The average Bonchev–Trinajstić information content (AvgIpc) is 2.98. The van der Waals surface area contributed by atoms with Crippen molar-refractivity contribution in [2.24, 2.45) is 5.92 Å². The molecule has 2 N–H and O–H groups in total. The largest absolute Gasteiger partial charge is 0.481 e. The molecule has 84 valence electrons. The van der Waals surface area contributed by atoms with Crippen LogP contribution in [0.2, 0.25) is 0 Å². The molecular weight excluding hydrogens is 214 g/mol. The summed E-state index contributed by atoms with van der Waals surface area (Å²) in [6.45, 7) is 0. The summed E-state index contributed by atoms with van der Waals surface area (Å²) in [5.41, 5.74) is -0.0869. The van der Waals surface area contributed by atoms with Crippen LogP contribution in [-0.4, -0.2) is 27.0 Å². The molecule has 1 aliphatic carbocycles. The van der Waals surface area contributed by atoms with Crippen LogP contribution in [0, 0.1) is 16.0 Å². The van der Waals surface area contributed by atoms with Gasteiger partial charge in [0.05, 0.1) is 10.8 Å². The van der Waals surface area contributed by atoms with E-state index in [-0.39, 0.29) is 17.6 Å². The normalized spacial score (nSPS) is 22.5. The van der Waals surface area contributed by atoms with Crippen molar-refractivity contribution in [3.8, 4) is 0 Å². The van der Waals surface area contributed by atoms with Crippen molar-refractivity contribution in [2.75, 3.05) is 5.32 Å². The first-order valence-corrected chi connectivity index (χ1v) is 4.67. The summed E-state index contributed by atoms with van der Waals surface area (Å²) < 4.78 is 0. The molecule has 1 heterocycles. The Bertz CT molecular complexity index is 431. The summed E-state index contributed by atoms with van der Waals surface area (Å²) in [6.07, 6.45) is 1.70. The van der Waals surface area contributed by atoms with E-state index < -0.39 is 10.9 Å². The van der Waals surface area contributed by atoms with Gasteiger partial charge in [0.15, 0.2) is 0 Å². The molecule has 0 spiro atoms. The van der Waals surface area contributed by atoms with E-state index in [0.29, 0.717) is 12.2 Å². The molecule has 0 amide bonds.